The molecule has 0 aliphatic carbocycles. The summed E-state index contributed by atoms with van der Waals surface area (Å²) in [7, 11) is 0. The van der Waals surface area contributed by atoms with Gasteiger partial charge in [-0.15, -0.1) is 0 Å². The third-order valence-electron chi connectivity index (χ3n) is 1.35. The minimum absolute atomic E-state index is 0.165. The minimum atomic E-state index is 0.165. The van der Waals surface area contributed by atoms with Crippen LogP contribution >= 0.6 is 11.8 Å². The maximum absolute atomic E-state index is 10.5. The standard InChI is InChI=1S/C9H11NO2S/c1-8(11)13-5-3-2-4-9-6-10-12-7-9/h2,4,6-7H,3,5H2,1H3. The molecule has 0 spiro atoms. The molecule has 1 heterocycles. The molecule has 0 N–H and O–H groups in total. The zero-order valence-corrected chi connectivity index (χ0v) is 8.21. The van der Waals surface area contributed by atoms with E-state index in [1.807, 2.05) is 12.2 Å². The van der Waals surface area contributed by atoms with Gasteiger partial charge in [-0.05, 0) is 6.42 Å². The van der Waals surface area contributed by atoms with E-state index in [1.165, 1.54) is 11.8 Å². The first-order chi connectivity index (χ1) is 6.29. The first-order valence-electron chi connectivity index (χ1n) is 3.98. The van der Waals surface area contributed by atoms with E-state index in [4.69, 9.17) is 0 Å². The number of carbonyl (C=O) groups is 1. The fourth-order valence-electron chi connectivity index (χ4n) is 0.785. The van der Waals surface area contributed by atoms with Crippen molar-refractivity contribution in [3.63, 3.8) is 0 Å². The molecule has 0 saturated carbocycles. The Morgan fingerprint density at radius 2 is 2.62 bits per heavy atom. The molecule has 0 bridgehead atoms. The van der Waals surface area contributed by atoms with Gasteiger partial charge in [0, 0.05) is 18.2 Å². The van der Waals surface area contributed by atoms with Crippen molar-refractivity contribution >= 4 is 23.0 Å². The molecule has 0 atom stereocenters. The average Bonchev–Trinajstić information content (AvgIpc) is 2.55. The average molecular weight is 197 g/mol. The van der Waals surface area contributed by atoms with Crippen LogP contribution in [0.1, 0.15) is 18.9 Å². The monoisotopic (exact) mass is 197 g/mol. The molecule has 0 fully saturated rings. The van der Waals surface area contributed by atoms with Crippen LogP contribution in [0.4, 0.5) is 0 Å². The summed E-state index contributed by atoms with van der Waals surface area (Å²) in [5, 5.41) is 3.73. The molecule has 13 heavy (non-hydrogen) atoms. The Hall–Kier alpha value is -1.03. The summed E-state index contributed by atoms with van der Waals surface area (Å²) in [4.78, 5) is 10.5. The predicted octanol–water partition coefficient (Wildman–Crippen LogP) is 2.36. The SMILES string of the molecule is CC(=O)SCCC=Cc1cnoc1. The van der Waals surface area contributed by atoms with Crippen molar-refractivity contribution in [2.24, 2.45) is 0 Å². The number of rotatable bonds is 4. The van der Waals surface area contributed by atoms with Gasteiger partial charge in [0.05, 0.1) is 6.20 Å². The predicted molar refractivity (Wildman–Crippen MR) is 53.3 cm³/mol. The highest BCUT2D eigenvalue weighted by Gasteiger charge is 1.91. The van der Waals surface area contributed by atoms with Gasteiger partial charge >= 0.3 is 0 Å². The zero-order chi connectivity index (χ0) is 9.52. The summed E-state index contributed by atoms with van der Waals surface area (Å²) in [5.74, 6) is 0.830. The third-order valence-corrected chi connectivity index (χ3v) is 2.20. The van der Waals surface area contributed by atoms with E-state index in [0.29, 0.717) is 0 Å². The zero-order valence-electron chi connectivity index (χ0n) is 7.40. The normalized spacial score (nSPS) is 10.8. The lowest BCUT2D eigenvalue weighted by molar-refractivity contribution is -0.109. The second-order valence-electron chi connectivity index (χ2n) is 2.49. The molecule has 70 valence electrons. The van der Waals surface area contributed by atoms with Crippen LogP contribution in [0, 0.1) is 0 Å². The van der Waals surface area contributed by atoms with Crippen molar-refractivity contribution in [2.45, 2.75) is 13.3 Å². The number of carbonyl (C=O) groups excluding carboxylic acids is 1. The molecular weight excluding hydrogens is 186 g/mol. The van der Waals surface area contributed by atoms with E-state index in [2.05, 4.69) is 9.68 Å². The lowest BCUT2D eigenvalue weighted by Crippen LogP contribution is -1.83. The van der Waals surface area contributed by atoms with Crippen LogP contribution < -0.4 is 0 Å². The van der Waals surface area contributed by atoms with Crippen LogP contribution in [0.2, 0.25) is 0 Å². The quantitative estimate of drug-likeness (QED) is 0.695. The van der Waals surface area contributed by atoms with Crippen LogP contribution in [0.25, 0.3) is 6.08 Å². The Bertz CT molecular complexity index is 280. The first kappa shape index (κ1) is 10.1. The van der Waals surface area contributed by atoms with Gasteiger partial charge in [0.1, 0.15) is 6.26 Å². The second kappa shape index (κ2) is 5.59. The van der Waals surface area contributed by atoms with Crippen molar-refractivity contribution in [3.05, 3.63) is 24.1 Å². The molecule has 0 aliphatic rings. The van der Waals surface area contributed by atoms with Crippen molar-refractivity contribution in [3.8, 4) is 0 Å². The summed E-state index contributed by atoms with van der Waals surface area (Å²) < 4.78 is 4.65. The summed E-state index contributed by atoms with van der Waals surface area (Å²) >= 11 is 1.34. The summed E-state index contributed by atoms with van der Waals surface area (Å²) in [5.41, 5.74) is 0.952. The van der Waals surface area contributed by atoms with Gasteiger partial charge in [-0.25, -0.2) is 0 Å². The third kappa shape index (κ3) is 4.52. The van der Waals surface area contributed by atoms with Crippen LogP contribution in [0.15, 0.2) is 23.1 Å². The highest BCUT2D eigenvalue weighted by atomic mass is 32.2. The number of hydrogen-bond donors (Lipinski definition) is 0. The van der Waals surface area contributed by atoms with Crippen molar-refractivity contribution in [1.82, 2.24) is 5.16 Å². The number of nitrogens with zero attached hydrogens (tertiary/aromatic N) is 1. The maximum Gasteiger partial charge on any atom is 0.185 e. The van der Waals surface area contributed by atoms with E-state index in [0.717, 1.165) is 17.7 Å². The first-order valence-corrected chi connectivity index (χ1v) is 4.97. The number of hydrogen-bond acceptors (Lipinski definition) is 4. The van der Waals surface area contributed by atoms with Gasteiger partial charge in [-0.3, -0.25) is 4.79 Å². The number of thioether (sulfide) groups is 1. The number of allylic oxidation sites excluding steroid dienone is 1. The molecule has 1 aromatic heterocycles. The molecule has 0 aliphatic heterocycles. The molecule has 1 aromatic rings. The summed E-state index contributed by atoms with van der Waals surface area (Å²) in [6, 6.07) is 0. The Morgan fingerprint density at radius 1 is 1.77 bits per heavy atom. The van der Waals surface area contributed by atoms with Crippen molar-refractivity contribution < 1.29 is 9.32 Å². The van der Waals surface area contributed by atoms with E-state index in [1.54, 1.807) is 19.4 Å². The van der Waals surface area contributed by atoms with Gasteiger partial charge in [0.15, 0.2) is 5.12 Å². The fourth-order valence-corrected chi connectivity index (χ4v) is 1.33. The largest absolute Gasteiger partial charge is 0.364 e. The van der Waals surface area contributed by atoms with Gasteiger partial charge in [0.25, 0.3) is 0 Å². The van der Waals surface area contributed by atoms with E-state index in [9.17, 15) is 4.79 Å². The molecule has 0 amide bonds. The molecule has 0 radical (unpaired) electrons. The summed E-state index contributed by atoms with van der Waals surface area (Å²) in [6.07, 6.45) is 8.04. The van der Waals surface area contributed by atoms with Gasteiger partial charge in [0.2, 0.25) is 0 Å². The highest BCUT2D eigenvalue weighted by molar-refractivity contribution is 8.13. The van der Waals surface area contributed by atoms with Crippen molar-refractivity contribution in [1.29, 1.82) is 0 Å². The van der Waals surface area contributed by atoms with Crippen molar-refractivity contribution in [2.75, 3.05) is 5.75 Å². The van der Waals surface area contributed by atoms with E-state index >= 15 is 0 Å². The molecule has 1 rings (SSSR count). The van der Waals surface area contributed by atoms with Gasteiger partial charge in [-0.1, -0.05) is 29.1 Å². The Kier molecular flexibility index (Phi) is 4.32. The maximum atomic E-state index is 10.5. The van der Waals surface area contributed by atoms with Crippen LogP contribution in [0.3, 0.4) is 0 Å². The Balaban J connectivity index is 2.16. The van der Waals surface area contributed by atoms with E-state index < -0.39 is 0 Å². The molecule has 0 unspecified atom stereocenters. The fraction of sp³-hybridized carbons (Fsp3) is 0.333. The Labute approximate surface area is 81.2 Å². The van der Waals surface area contributed by atoms with Crippen LogP contribution in [0.5, 0.6) is 0 Å². The molecular formula is C9H11NO2S. The molecule has 3 nitrogen and oxygen atoms in total. The molecule has 0 aromatic carbocycles. The van der Waals surface area contributed by atoms with Gasteiger partial charge < -0.3 is 4.52 Å². The summed E-state index contributed by atoms with van der Waals surface area (Å²) in [6.45, 7) is 1.58. The van der Waals surface area contributed by atoms with Gasteiger partial charge in [-0.2, -0.15) is 0 Å². The van der Waals surface area contributed by atoms with Crippen LogP contribution in [-0.2, 0) is 4.79 Å². The second-order valence-corrected chi connectivity index (χ2v) is 3.76. The highest BCUT2D eigenvalue weighted by Crippen LogP contribution is 2.05. The Morgan fingerprint density at radius 3 is 3.23 bits per heavy atom. The lowest BCUT2D eigenvalue weighted by atomic mass is 10.3. The molecule has 4 heteroatoms. The smallest absolute Gasteiger partial charge is 0.185 e. The molecule has 0 saturated heterocycles. The minimum Gasteiger partial charge on any atom is -0.364 e. The van der Waals surface area contributed by atoms with Crippen LogP contribution in [-0.4, -0.2) is 16.0 Å². The lowest BCUT2D eigenvalue weighted by Gasteiger charge is -1.90. The number of aromatic nitrogens is 1. The van der Waals surface area contributed by atoms with E-state index in [-0.39, 0.29) is 5.12 Å². The topological polar surface area (TPSA) is 43.1 Å².